The number of hydrogen-bond donors (Lipinski definition) is 2. The van der Waals surface area contributed by atoms with Gasteiger partial charge in [-0.1, -0.05) is 0 Å². The van der Waals surface area contributed by atoms with Crippen molar-refractivity contribution in [2.75, 3.05) is 13.7 Å². The minimum Gasteiger partial charge on any atom is -0.383 e. The van der Waals surface area contributed by atoms with Crippen LogP contribution in [0, 0.1) is 13.8 Å². The van der Waals surface area contributed by atoms with Crippen LogP contribution in [-0.2, 0) is 23.1 Å². The molecule has 6 heteroatoms. The van der Waals surface area contributed by atoms with Crippen LogP contribution in [0.1, 0.15) is 17.0 Å². The van der Waals surface area contributed by atoms with E-state index in [2.05, 4.69) is 10.4 Å². The van der Waals surface area contributed by atoms with Crippen molar-refractivity contribution in [3.63, 3.8) is 0 Å². The lowest BCUT2D eigenvalue weighted by Crippen LogP contribution is -2.43. The van der Waals surface area contributed by atoms with Gasteiger partial charge in [0, 0.05) is 32.0 Å². The van der Waals surface area contributed by atoms with Gasteiger partial charge in [0.25, 0.3) is 0 Å². The molecule has 1 aromatic rings. The van der Waals surface area contributed by atoms with Crippen molar-refractivity contribution < 1.29 is 9.53 Å². The Hall–Kier alpha value is -1.40. The predicted molar refractivity (Wildman–Crippen MR) is 64.4 cm³/mol. The topological polar surface area (TPSA) is 82.2 Å². The Morgan fingerprint density at radius 1 is 1.59 bits per heavy atom. The van der Waals surface area contributed by atoms with Crippen LogP contribution in [0.15, 0.2) is 0 Å². The first kappa shape index (κ1) is 13.7. The normalized spacial score (nSPS) is 12.5. The second-order valence-corrected chi connectivity index (χ2v) is 4.05. The summed E-state index contributed by atoms with van der Waals surface area (Å²) in [5, 5.41) is 7.06. The van der Waals surface area contributed by atoms with Gasteiger partial charge in [0.15, 0.2) is 0 Å². The van der Waals surface area contributed by atoms with Crippen LogP contribution in [0.4, 0.5) is 0 Å². The van der Waals surface area contributed by atoms with E-state index in [1.165, 1.54) is 7.11 Å². The maximum absolute atomic E-state index is 11.6. The number of aryl methyl sites for hydroxylation is 2. The van der Waals surface area contributed by atoms with Crippen LogP contribution in [0.2, 0.25) is 0 Å². The highest BCUT2D eigenvalue weighted by molar-refractivity contribution is 5.81. The zero-order chi connectivity index (χ0) is 13.0. The highest BCUT2D eigenvalue weighted by atomic mass is 16.5. The lowest BCUT2D eigenvalue weighted by molar-refractivity contribution is -0.123. The van der Waals surface area contributed by atoms with Gasteiger partial charge < -0.3 is 15.8 Å². The number of aromatic nitrogens is 2. The molecule has 0 aliphatic rings. The first-order chi connectivity index (χ1) is 7.97. The minimum atomic E-state index is -0.628. The molecule has 0 radical (unpaired) electrons. The largest absolute Gasteiger partial charge is 0.383 e. The third kappa shape index (κ3) is 3.28. The predicted octanol–water partition coefficient (Wildman–Crippen LogP) is -0.373. The van der Waals surface area contributed by atoms with Crippen LogP contribution in [0.5, 0.6) is 0 Å². The molecule has 0 aliphatic heterocycles. The average molecular weight is 240 g/mol. The van der Waals surface area contributed by atoms with E-state index in [0.717, 1.165) is 17.0 Å². The molecule has 0 saturated heterocycles. The number of carbonyl (C=O) groups is 1. The number of hydrogen-bond acceptors (Lipinski definition) is 4. The lowest BCUT2D eigenvalue weighted by atomic mass is 10.2. The van der Waals surface area contributed by atoms with Crippen LogP contribution in [0.25, 0.3) is 0 Å². The third-order valence-electron chi connectivity index (χ3n) is 2.78. The van der Waals surface area contributed by atoms with Gasteiger partial charge in [-0.25, -0.2) is 0 Å². The number of nitrogens with zero attached hydrogens (tertiary/aromatic N) is 2. The SMILES string of the molecule is COCC(N)C(=O)NCc1c(C)nn(C)c1C. The Kier molecular flexibility index (Phi) is 4.65. The highest BCUT2D eigenvalue weighted by Gasteiger charge is 2.15. The van der Waals surface area contributed by atoms with Crippen molar-refractivity contribution in [2.24, 2.45) is 12.8 Å². The number of carbonyl (C=O) groups excluding carboxylic acids is 1. The molecule has 96 valence electrons. The van der Waals surface area contributed by atoms with Gasteiger partial charge in [0.2, 0.25) is 5.91 Å². The number of rotatable bonds is 5. The fourth-order valence-corrected chi connectivity index (χ4v) is 1.64. The zero-order valence-electron chi connectivity index (χ0n) is 10.8. The van der Waals surface area contributed by atoms with Crippen molar-refractivity contribution in [1.29, 1.82) is 0 Å². The van der Waals surface area contributed by atoms with Gasteiger partial charge in [-0.05, 0) is 13.8 Å². The quantitative estimate of drug-likeness (QED) is 0.735. The number of nitrogens with two attached hydrogens (primary N) is 1. The second kappa shape index (κ2) is 5.79. The Bertz CT molecular complexity index is 400. The summed E-state index contributed by atoms with van der Waals surface area (Å²) in [6.45, 7) is 4.55. The molecule has 0 fully saturated rings. The third-order valence-corrected chi connectivity index (χ3v) is 2.78. The van der Waals surface area contributed by atoms with Crippen LogP contribution in [-0.4, -0.2) is 35.4 Å². The summed E-state index contributed by atoms with van der Waals surface area (Å²) in [7, 11) is 3.40. The highest BCUT2D eigenvalue weighted by Crippen LogP contribution is 2.10. The molecule has 0 saturated carbocycles. The lowest BCUT2D eigenvalue weighted by Gasteiger charge is -2.11. The molecule has 0 spiro atoms. The van der Waals surface area contributed by atoms with Crippen LogP contribution >= 0.6 is 0 Å². The molecule has 0 aromatic carbocycles. The van der Waals surface area contributed by atoms with Crippen LogP contribution in [0.3, 0.4) is 0 Å². The van der Waals surface area contributed by atoms with Gasteiger partial charge in [-0.2, -0.15) is 5.10 Å². The van der Waals surface area contributed by atoms with Gasteiger partial charge in [-0.15, -0.1) is 0 Å². The molecule has 1 rings (SSSR count). The Labute approximate surface area is 101 Å². The number of methoxy groups -OCH3 is 1. The van der Waals surface area contributed by atoms with Gasteiger partial charge >= 0.3 is 0 Å². The van der Waals surface area contributed by atoms with Gasteiger partial charge in [0.05, 0.1) is 12.3 Å². The van der Waals surface area contributed by atoms with Crippen LogP contribution < -0.4 is 11.1 Å². The molecule has 1 atom stereocenters. The molecule has 6 nitrogen and oxygen atoms in total. The van der Waals surface area contributed by atoms with E-state index in [0.29, 0.717) is 6.54 Å². The van der Waals surface area contributed by atoms with Crippen molar-refractivity contribution in [2.45, 2.75) is 26.4 Å². The van der Waals surface area contributed by atoms with Crippen molar-refractivity contribution in [3.05, 3.63) is 17.0 Å². The molecule has 1 amide bonds. The fraction of sp³-hybridized carbons (Fsp3) is 0.636. The molecule has 1 aromatic heterocycles. The van der Waals surface area contributed by atoms with Crippen molar-refractivity contribution >= 4 is 5.91 Å². The summed E-state index contributed by atoms with van der Waals surface area (Å²) < 4.78 is 6.62. The van der Waals surface area contributed by atoms with E-state index >= 15 is 0 Å². The molecule has 0 bridgehead atoms. The number of nitrogens with one attached hydrogen (secondary N) is 1. The molecule has 1 unspecified atom stereocenters. The summed E-state index contributed by atoms with van der Waals surface area (Å²) in [5.41, 5.74) is 8.61. The summed E-state index contributed by atoms with van der Waals surface area (Å²) in [6.07, 6.45) is 0. The first-order valence-electron chi connectivity index (χ1n) is 5.48. The van der Waals surface area contributed by atoms with E-state index in [1.54, 1.807) is 4.68 Å². The molecule has 3 N–H and O–H groups in total. The molecule has 1 heterocycles. The summed E-state index contributed by atoms with van der Waals surface area (Å²) in [6, 6.07) is -0.628. The smallest absolute Gasteiger partial charge is 0.239 e. The molecule has 17 heavy (non-hydrogen) atoms. The van der Waals surface area contributed by atoms with E-state index < -0.39 is 6.04 Å². The van der Waals surface area contributed by atoms with E-state index in [9.17, 15) is 4.79 Å². The first-order valence-corrected chi connectivity index (χ1v) is 5.48. The zero-order valence-corrected chi connectivity index (χ0v) is 10.8. The van der Waals surface area contributed by atoms with E-state index in [4.69, 9.17) is 10.5 Å². The number of amides is 1. The Morgan fingerprint density at radius 2 is 2.24 bits per heavy atom. The Balaban J connectivity index is 2.58. The molecular formula is C11H20N4O2. The second-order valence-electron chi connectivity index (χ2n) is 4.05. The summed E-state index contributed by atoms with van der Waals surface area (Å²) >= 11 is 0. The summed E-state index contributed by atoms with van der Waals surface area (Å²) in [4.78, 5) is 11.6. The standard InChI is InChI=1S/C11H20N4O2/c1-7-9(8(2)15(3)14-7)5-13-11(16)10(12)6-17-4/h10H,5-6,12H2,1-4H3,(H,13,16). The number of ether oxygens (including phenoxy) is 1. The van der Waals surface area contributed by atoms with Gasteiger partial charge in [0.1, 0.15) is 6.04 Å². The average Bonchev–Trinajstić information content (AvgIpc) is 2.51. The van der Waals surface area contributed by atoms with Crippen molar-refractivity contribution in [3.8, 4) is 0 Å². The maximum atomic E-state index is 11.6. The van der Waals surface area contributed by atoms with Crippen molar-refractivity contribution in [1.82, 2.24) is 15.1 Å². The fourth-order valence-electron chi connectivity index (χ4n) is 1.64. The van der Waals surface area contributed by atoms with E-state index in [1.807, 2.05) is 20.9 Å². The Morgan fingerprint density at radius 3 is 2.71 bits per heavy atom. The molecular weight excluding hydrogens is 220 g/mol. The van der Waals surface area contributed by atoms with Gasteiger partial charge in [-0.3, -0.25) is 9.48 Å². The maximum Gasteiger partial charge on any atom is 0.239 e. The minimum absolute atomic E-state index is 0.213. The summed E-state index contributed by atoms with van der Waals surface area (Å²) in [5.74, 6) is -0.213. The monoisotopic (exact) mass is 240 g/mol. The van der Waals surface area contributed by atoms with E-state index in [-0.39, 0.29) is 12.5 Å². The molecule has 0 aliphatic carbocycles.